The molecule has 0 bridgehead atoms. The van der Waals surface area contributed by atoms with Crippen molar-refractivity contribution < 1.29 is 0 Å². The molecule has 3 heterocycles. The van der Waals surface area contributed by atoms with Crippen LogP contribution in [0.1, 0.15) is 0 Å². The first-order valence-electron chi connectivity index (χ1n) is 19.5. The number of benzene rings is 9. The van der Waals surface area contributed by atoms with Crippen molar-refractivity contribution in [3.63, 3.8) is 0 Å². The number of aromatic nitrogens is 2. The third kappa shape index (κ3) is 5.03. The van der Waals surface area contributed by atoms with Gasteiger partial charge in [0.2, 0.25) is 0 Å². The Kier molecular flexibility index (Phi) is 7.13. The number of para-hydroxylation sites is 2. The van der Waals surface area contributed by atoms with E-state index in [4.69, 9.17) is 0 Å². The van der Waals surface area contributed by atoms with Crippen LogP contribution in [0.3, 0.4) is 0 Å². The van der Waals surface area contributed by atoms with Crippen LogP contribution in [0, 0.1) is 0 Å². The molecule has 12 rings (SSSR count). The Morgan fingerprint density at radius 3 is 1.42 bits per heavy atom. The summed E-state index contributed by atoms with van der Waals surface area (Å²) in [5.74, 6) is 0. The largest absolute Gasteiger partial charge is 0.309 e. The topological polar surface area (TPSA) is 9.86 Å². The van der Waals surface area contributed by atoms with Gasteiger partial charge in [0, 0.05) is 42.7 Å². The number of hydrogen-bond donors (Lipinski definition) is 0. The Hall–Kier alpha value is -7.20. The first kappa shape index (κ1) is 32.1. The first-order valence-corrected chi connectivity index (χ1v) is 20.3. The lowest BCUT2D eigenvalue weighted by Crippen LogP contribution is -1.94. The van der Waals surface area contributed by atoms with Crippen molar-refractivity contribution >= 4 is 75.1 Å². The zero-order chi connectivity index (χ0) is 37.5. The standard InChI is InChI=1S/C54H34N2S/c1-3-12-35(13-4-1)37-22-27-41(28-23-37)55-48-19-9-7-16-42(48)46-32-38(25-30-50(46)55)39-26-31-51-47(33-39)43-17-8-10-20-49(43)56(51)52-21-11-18-45-44-29-24-40(34-53(44)57-54(45)52)36-14-5-2-6-15-36/h1-34H. The number of thiophene rings is 1. The predicted molar refractivity (Wildman–Crippen MR) is 244 cm³/mol. The van der Waals surface area contributed by atoms with Gasteiger partial charge in [-0.15, -0.1) is 11.3 Å². The maximum atomic E-state index is 2.48. The highest BCUT2D eigenvalue weighted by Crippen LogP contribution is 2.43. The van der Waals surface area contributed by atoms with Crippen LogP contribution in [0.15, 0.2) is 206 Å². The number of rotatable bonds is 5. The Morgan fingerprint density at radius 1 is 0.281 bits per heavy atom. The van der Waals surface area contributed by atoms with E-state index in [2.05, 4.69) is 215 Å². The van der Waals surface area contributed by atoms with E-state index in [0.29, 0.717) is 0 Å². The molecule has 2 nitrogen and oxygen atoms in total. The lowest BCUT2D eigenvalue weighted by atomic mass is 10.0. The van der Waals surface area contributed by atoms with Gasteiger partial charge in [0.05, 0.1) is 32.5 Å². The summed E-state index contributed by atoms with van der Waals surface area (Å²) in [5, 5.41) is 7.63. The average Bonchev–Trinajstić information content (AvgIpc) is 3.94. The first-order chi connectivity index (χ1) is 28.3. The summed E-state index contributed by atoms with van der Waals surface area (Å²) in [4.78, 5) is 0. The zero-order valence-corrected chi connectivity index (χ0v) is 31.7. The monoisotopic (exact) mass is 742 g/mol. The molecular formula is C54H34N2S. The maximum absolute atomic E-state index is 2.48. The zero-order valence-electron chi connectivity index (χ0n) is 30.9. The Labute approximate surface area is 333 Å². The number of nitrogens with zero attached hydrogens (tertiary/aromatic N) is 2. The van der Waals surface area contributed by atoms with E-state index in [9.17, 15) is 0 Å². The third-order valence-corrected chi connectivity index (χ3v) is 12.9. The van der Waals surface area contributed by atoms with Crippen LogP contribution in [0.2, 0.25) is 0 Å². The fourth-order valence-electron chi connectivity index (χ4n) is 9.05. The van der Waals surface area contributed by atoms with Crippen molar-refractivity contribution in [2.45, 2.75) is 0 Å². The summed E-state index contributed by atoms with van der Waals surface area (Å²) in [6, 6.07) is 75.6. The second-order valence-corrected chi connectivity index (χ2v) is 16.0. The molecule has 0 atom stereocenters. The van der Waals surface area contributed by atoms with Crippen LogP contribution >= 0.6 is 11.3 Å². The Morgan fingerprint density at radius 2 is 0.754 bits per heavy atom. The van der Waals surface area contributed by atoms with Crippen LogP contribution in [-0.4, -0.2) is 9.13 Å². The Balaban J connectivity index is 0.993. The van der Waals surface area contributed by atoms with Gasteiger partial charge in [-0.2, -0.15) is 0 Å². The quantitative estimate of drug-likeness (QED) is 0.166. The molecule has 0 aliphatic carbocycles. The van der Waals surface area contributed by atoms with E-state index in [1.807, 2.05) is 11.3 Å². The normalized spacial score (nSPS) is 11.9. The van der Waals surface area contributed by atoms with Gasteiger partial charge in [0.25, 0.3) is 0 Å². The molecule has 3 heteroatoms. The summed E-state index contributed by atoms with van der Waals surface area (Å²) < 4.78 is 7.49. The lowest BCUT2D eigenvalue weighted by molar-refractivity contribution is 1.18. The molecule has 0 radical (unpaired) electrons. The van der Waals surface area contributed by atoms with Crippen molar-refractivity contribution in [1.82, 2.24) is 9.13 Å². The minimum atomic E-state index is 1.16. The highest BCUT2D eigenvalue weighted by molar-refractivity contribution is 7.26. The van der Waals surface area contributed by atoms with E-state index < -0.39 is 0 Å². The smallest absolute Gasteiger partial charge is 0.0640 e. The van der Waals surface area contributed by atoms with Gasteiger partial charge >= 0.3 is 0 Å². The predicted octanol–water partition coefficient (Wildman–Crippen LogP) is 15.2. The molecule has 0 aliphatic heterocycles. The molecule has 0 spiro atoms. The SMILES string of the molecule is c1ccc(-c2ccc(-n3c4ccccc4c4cc(-c5ccc6c(c5)c5ccccc5n6-c5cccc6c5sc5cc(-c7ccccc7)ccc56)ccc43)cc2)cc1. The molecule has 9 aromatic carbocycles. The van der Waals surface area contributed by atoms with Gasteiger partial charge in [-0.25, -0.2) is 0 Å². The molecule has 0 aliphatic rings. The van der Waals surface area contributed by atoms with Gasteiger partial charge in [-0.3, -0.25) is 0 Å². The second kappa shape index (κ2) is 12.7. The van der Waals surface area contributed by atoms with E-state index >= 15 is 0 Å². The van der Waals surface area contributed by atoms with Crippen LogP contribution in [0.4, 0.5) is 0 Å². The van der Waals surface area contributed by atoms with E-state index in [0.717, 1.165) is 5.69 Å². The fraction of sp³-hybridized carbons (Fsp3) is 0. The summed E-state index contributed by atoms with van der Waals surface area (Å²) in [6.07, 6.45) is 0. The van der Waals surface area contributed by atoms with Gasteiger partial charge < -0.3 is 9.13 Å². The summed E-state index contributed by atoms with van der Waals surface area (Å²) >= 11 is 1.89. The third-order valence-electron chi connectivity index (χ3n) is 11.7. The fourth-order valence-corrected chi connectivity index (χ4v) is 10.3. The molecule has 0 saturated carbocycles. The summed E-state index contributed by atoms with van der Waals surface area (Å²) in [5.41, 5.74) is 14.6. The van der Waals surface area contributed by atoms with Crippen molar-refractivity contribution in [3.05, 3.63) is 206 Å². The van der Waals surface area contributed by atoms with Crippen LogP contribution in [0.25, 0.3) is 109 Å². The molecule has 12 aromatic rings. The molecule has 0 unspecified atom stereocenters. The average molecular weight is 743 g/mol. The van der Waals surface area contributed by atoms with E-state index in [1.54, 1.807) is 0 Å². The van der Waals surface area contributed by atoms with Gasteiger partial charge in [0.1, 0.15) is 0 Å². The van der Waals surface area contributed by atoms with Crippen molar-refractivity contribution in [1.29, 1.82) is 0 Å². The molecular weight excluding hydrogens is 709 g/mol. The molecule has 0 fully saturated rings. The van der Waals surface area contributed by atoms with Gasteiger partial charge in [-0.05, 0) is 94.0 Å². The minimum Gasteiger partial charge on any atom is -0.309 e. The Bertz CT molecular complexity index is 3490. The van der Waals surface area contributed by atoms with Crippen molar-refractivity contribution in [2.75, 3.05) is 0 Å². The molecule has 57 heavy (non-hydrogen) atoms. The molecule has 0 amide bonds. The minimum absolute atomic E-state index is 1.16. The van der Waals surface area contributed by atoms with Crippen molar-refractivity contribution in [3.8, 4) is 44.8 Å². The molecule has 266 valence electrons. The van der Waals surface area contributed by atoms with Crippen LogP contribution in [-0.2, 0) is 0 Å². The van der Waals surface area contributed by atoms with Gasteiger partial charge in [-0.1, -0.05) is 146 Å². The van der Waals surface area contributed by atoms with Crippen LogP contribution in [0.5, 0.6) is 0 Å². The number of fused-ring (bicyclic) bond motifs is 9. The molecule has 0 N–H and O–H groups in total. The van der Waals surface area contributed by atoms with Crippen molar-refractivity contribution in [2.24, 2.45) is 0 Å². The highest BCUT2D eigenvalue weighted by atomic mass is 32.1. The summed E-state index contributed by atoms with van der Waals surface area (Å²) in [6.45, 7) is 0. The van der Waals surface area contributed by atoms with E-state index in [1.165, 1.54) is 103 Å². The number of hydrogen-bond acceptors (Lipinski definition) is 1. The van der Waals surface area contributed by atoms with Gasteiger partial charge in [0.15, 0.2) is 0 Å². The van der Waals surface area contributed by atoms with E-state index in [-0.39, 0.29) is 0 Å². The lowest BCUT2D eigenvalue weighted by Gasteiger charge is -2.11. The van der Waals surface area contributed by atoms with Crippen LogP contribution < -0.4 is 0 Å². The highest BCUT2D eigenvalue weighted by Gasteiger charge is 2.19. The molecule has 0 saturated heterocycles. The summed E-state index contributed by atoms with van der Waals surface area (Å²) in [7, 11) is 0. The second-order valence-electron chi connectivity index (χ2n) is 14.9. The maximum Gasteiger partial charge on any atom is 0.0640 e. The molecule has 3 aromatic heterocycles.